The normalized spacial score (nSPS) is 0. The molecular weight excluding hydrogens is 395 g/mol. The zero-order valence-electron chi connectivity index (χ0n) is 3.33. The van der Waals surface area contributed by atoms with Gasteiger partial charge in [0.1, 0.15) is 0 Å². The minimum atomic E-state index is 0. The molecule has 0 N–H and O–H groups in total. The molecule has 0 aliphatic heterocycles. The Hall–Kier alpha value is 2.67. The second kappa shape index (κ2) is 71.5. The summed E-state index contributed by atoms with van der Waals surface area (Å²) in [5.74, 6) is 0. The van der Waals surface area contributed by atoms with Crippen LogP contribution in [0.2, 0.25) is 0 Å². The Morgan fingerprint density at radius 3 is 0.571 bits per heavy atom. The van der Waals surface area contributed by atoms with Crippen molar-refractivity contribution >= 4 is 25.8 Å². The Morgan fingerprint density at radius 1 is 0.571 bits per heavy atom. The molecule has 0 spiro atoms. The Kier molecular flexibility index (Phi) is 1040. The summed E-state index contributed by atoms with van der Waals surface area (Å²) in [6.07, 6.45) is 0. The molecule has 0 heterocycles. The molecule has 0 rings (SSSR count). The molecule has 0 aromatic rings. The fourth-order valence-electron chi connectivity index (χ4n) is 0. The van der Waals surface area contributed by atoms with Gasteiger partial charge in [-0.1, -0.05) is 0 Å². The van der Waals surface area contributed by atoms with Crippen molar-refractivity contribution in [2.45, 2.75) is 0 Å². The quantitative estimate of drug-likeness (QED) is 0.476. The second-order valence-corrected chi connectivity index (χ2v) is 0. The van der Waals surface area contributed by atoms with Crippen LogP contribution in [0.1, 0.15) is 0 Å². The van der Waals surface area contributed by atoms with Gasteiger partial charge in [0, 0.05) is 0 Å². The van der Waals surface area contributed by atoms with Gasteiger partial charge in [-0.3, -0.25) is 0 Å². The summed E-state index contributed by atoms with van der Waals surface area (Å²) in [6.45, 7) is 0. The molecule has 0 unspecified atom stereocenters. The van der Waals surface area contributed by atoms with Gasteiger partial charge in [0.15, 0.2) is 0 Å². The zero-order chi connectivity index (χ0) is 0. The summed E-state index contributed by atoms with van der Waals surface area (Å²) in [7, 11) is 0. The molecule has 1 radical (unpaired) electrons. The standard InChI is InChI=1S/In.4O.Sm.Zn/q+3;4*-2;+3;+2. The van der Waals surface area contributed by atoms with Crippen molar-refractivity contribution in [2.75, 3.05) is 0 Å². The molecule has 0 aliphatic rings. The average Bonchev–Trinajstić information content (AvgIpc) is 0. The van der Waals surface area contributed by atoms with Crippen LogP contribution in [0.3, 0.4) is 0 Å². The summed E-state index contributed by atoms with van der Waals surface area (Å²) in [5.41, 5.74) is 0. The fourth-order valence-corrected chi connectivity index (χ4v) is 0. The smallest absolute Gasteiger partial charge is 2.00 e. The molecule has 4 nitrogen and oxygen atoms in total. The van der Waals surface area contributed by atoms with Gasteiger partial charge >= 0.3 is 85.7 Å². The van der Waals surface area contributed by atoms with Gasteiger partial charge in [-0.25, -0.2) is 0 Å². The molecule has 0 bridgehead atoms. The molecule has 0 atom stereocenters. The molecule has 0 saturated carbocycles. The van der Waals surface area contributed by atoms with Gasteiger partial charge in [-0.2, -0.15) is 0 Å². The Balaban J connectivity index is 0. The molecule has 0 amide bonds. The van der Waals surface area contributed by atoms with E-state index >= 15 is 0 Å². The molecule has 0 aromatic carbocycles. The van der Waals surface area contributed by atoms with Crippen molar-refractivity contribution in [3.05, 3.63) is 0 Å². The van der Waals surface area contributed by atoms with E-state index < -0.39 is 0 Å². The van der Waals surface area contributed by atoms with Gasteiger partial charge in [-0.05, 0) is 0 Å². The van der Waals surface area contributed by atoms with Gasteiger partial charge in [0.2, 0.25) is 0 Å². The molecule has 0 aromatic heterocycles. The van der Waals surface area contributed by atoms with Crippen LogP contribution in [-0.4, -0.2) is 25.8 Å². The zero-order valence-corrected chi connectivity index (χ0v) is 12.2. The number of hydrogen-bond donors (Lipinski definition) is 0. The molecule has 7 heavy (non-hydrogen) atoms. The predicted octanol–water partition coefficient (Wildman–Crippen LogP) is -0.859. The van der Waals surface area contributed by atoms with Gasteiger partial charge in [0.25, 0.3) is 0 Å². The molecule has 35 valence electrons. The van der Waals surface area contributed by atoms with E-state index in [0.717, 1.165) is 0 Å². The largest absolute Gasteiger partial charge is 3.00 e. The summed E-state index contributed by atoms with van der Waals surface area (Å²) in [5, 5.41) is 0. The van der Waals surface area contributed by atoms with Crippen LogP contribution in [0.5, 0.6) is 0 Å². The second-order valence-electron chi connectivity index (χ2n) is 0. The summed E-state index contributed by atoms with van der Waals surface area (Å²) >= 11 is 0. The summed E-state index contributed by atoms with van der Waals surface area (Å²) in [4.78, 5) is 0. The van der Waals surface area contributed by atoms with E-state index in [4.69, 9.17) is 0 Å². The van der Waals surface area contributed by atoms with Crippen molar-refractivity contribution in [3.63, 3.8) is 0 Å². The van der Waals surface area contributed by atoms with Crippen LogP contribution in [-0.2, 0) is 41.4 Å². The van der Waals surface area contributed by atoms with Crippen molar-refractivity contribution in [1.29, 1.82) is 0 Å². The van der Waals surface area contributed by atoms with Crippen LogP contribution >= 0.6 is 0 Å². The molecule has 0 saturated heterocycles. The van der Waals surface area contributed by atoms with Gasteiger partial charge < -0.3 is 21.9 Å². The molecule has 0 fully saturated rings. The fraction of sp³-hybridized carbons (Fsp3) is 0. The average molecular weight is 395 g/mol. The third kappa shape index (κ3) is 54.1. The summed E-state index contributed by atoms with van der Waals surface area (Å²) < 4.78 is 0. The maximum atomic E-state index is 0. The first-order chi connectivity index (χ1) is 0. The van der Waals surface area contributed by atoms with Crippen molar-refractivity contribution < 1.29 is 81.8 Å². The van der Waals surface area contributed by atoms with Crippen LogP contribution in [0.25, 0.3) is 0 Å². The third-order valence-corrected chi connectivity index (χ3v) is 0. The minimum Gasteiger partial charge on any atom is -2.00 e. The number of hydrogen-bond acceptors (Lipinski definition) is 0. The van der Waals surface area contributed by atoms with E-state index in [1.807, 2.05) is 0 Å². The summed E-state index contributed by atoms with van der Waals surface area (Å²) in [6, 6.07) is 0. The Labute approximate surface area is 106 Å². The molecule has 7 heteroatoms. The third-order valence-electron chi connectivity index (χ3n) is 0. The van der Waals surface area contributed by atoms with Crippen LogP contribution in [0.4, 0.5) is 0 Å². The topological polar surface area (TPSA) is 114 Å². The van der Waals surface area contributed by atoms with Gasteiger partial charge in [0.05, 0.1) is 0 Å². The van der Waals surface area contributed by atoms with Crippen LogP contribution < -0.4 is 0 Å². The van der Waals surface area contributed by atoms with Crippen LogP contribution in [0, 0.1) is 40.4 Å². The van der Waals surface area contributed by atoms with Crippen molar-refractivity contribution in [2.24, 2.45) is 0 Å². The predicted molar refractivity (Wildman–Crippen MR) is 8.50 cm³/mol. The number of rotatable bonds is 0. The maximum Gasteiger partial charge on any atom is 3.00 e. The van der Waals surface area contributed by atoms with Crippen LogP contribution in [0.15, 0.2) is 0 Å². The van der Waals surface area contributed by atoms with E-state index in [0.29, 0.717) is 0 Å². The van der Waals surface area contributed by atoms with Gasteiger partial charge in [-0.15, -0.1) is 0 Å². The Morgan fingerprint density at radius 2 is 0.571 bits per heavy atom. The minimum absolute atomic E-state index is 0. The van der Waals surface area contributed by atoms with Crippen molar-refractivity contribution in [1.82, 2.24) is 0 Å². The molecular formula is InO4SmZn. The van der Waals surface area contributed by atoms with Crippen molar-refractivity contribution in [3.8, 4) is 0 Å². The van der Waals surface area contributed by atoms with E-state index in [9.17, 15) is 0 Å². The first-order valence-electron chi connectivity index (χ1n) is 0. The van der Waals surface area contributed by atoms with E-state index in [1.54, 1.807) is 0 Å². The molecule has 0 aliphatic carbocycles. The SMILES string of the molecule is [In+3].[O-2].[O-2].[O-2].[O-2].[Sm+3].[Zn+2]. The van der Waals surface area contributed by atoms with E-state index in [-0.39, 0.29) is 108 Å². The van der Waals surface area contributed by atoms with E-state index in [1.165, 1.54) is 0 Å². The van der Waals surface area contributed by atoms with E-state index in [2.05, 4.69) is 0 Å². The maximum absolute atomic E-state index is 0. The Bertz CT molecular complexity index is 11.7. The first-order valence-corrected chi connectivity index (χ1v) is 0. The first kappa shape index (κ1) is 102. The monoisotopic (exact) mass is 395 g/mol.